The Kier molecular flexibility index (Phi) is 6.43. The number of hydrazone groups is 1. The van der Waals surface area contributed by atoms with Gasteiger partial charge in [0, 0.05) is 5.56 Å². The van der Waals surface area contributed by atoms with E-state index in [0.717, 1.165) is 5.56 Å². The van der Waals surface area contributed by atoms with Crippen molar-refractivity contribution in [3.8, 4) is 23.0 Å². The average Bonchev–Trinajstić information content (AvgIpc) is 2.66. The molecule has 1 amide bonds. The van der Waals surface area contributed by atoms with Crippen molar-refractivity contribution in [3.05, 3.63) is 47.0 Å². The molecule has 7 heteroatoms. The van der Waals surface area contributed by atoms with Crippen LogP contribution in [0.4, 0.5) is 0 Å². The first-order valence-electron chi connectivity index (χ1n) is 7.82. The summed E-state index contributed by atoms with van der Waals surface area (Å²) in [6, 6.07) is 8.77. The molecule has 2 aromatic rings. The van der Waals surface area contributed by atoms with E-state index in [-0.39, 0.29) is 5.91 Å². The van der Waals surface area contributed by atoms with Gasteiger partial charge >= 0.3 is 0 Å². The summed E-state index contributed by atoms with van der Waals surface area (Å²) in [6.07, 6.45) is 1.49. The van der Waals surface area contributed by atoms with E-state index in [1.54, 1.807) is 24.3 Å². The zero-order chi connectivity index (χ0) is 19.1. The minimum Gasteiger partial charge on any atom is -0.496 e. The molecule has 1 N–H and O–H groups in total. The number of methoxy groups -OCH3 is 4. The fraction of sp³-hybridized carbons (Fsp3) is 0.263. The topological polar surface area (TPSA) is 78.4 Å². The Labute approximate surface area is 152 Å². The standard InChI is InChI=1S/C19H22N2O5/c1-12-6-7-14(15(8-12)23-2)19(22)21-20-11-13-9-16(24-3)18(26-5)17(10-13)25-4/h6-11H,1-5H3,(H,21,22). The van der Waals surface area contributed by atoms with Gasteiger partial charge in [0.25, 0.3) is 5.91 Å². The van der Waals surface area contributed by atoms with Crippen molar-refractivity contribution in [3.63, 3.8) is 0 Å². The van der Waals surface area contributed by atoms with Crippen molar-refractivity contribution in [1.82, 2.24) is 5.43 Å². The third kappa shape index (κ3) is 4.24. The van der Waals surface area contributed by atoms with E-state index in [0.29, 0.717) is 34.1 Å². The van der Waals surface area contributed by atoms with Gasteiger partial charge in [-0.25, -0.2) is 5.43 Å². The molecule has 0 spiro atoms. The molecule has 0 saturated carbocycles. The highest BCUT2D eigenvalue weighted by Gasteiger charge is 2.13. The molecule has 0 aromatic heterocycles. The molecule has 0 fully saturated rings. The zero-order valence-corrected chi connectivity index (χ0v) is 15.5. The first-order chi connectivity index (χ1) is 12.5. The maximum absolute atomic E-state index is 12.3. The molecule has 26 heavy (non-hydrogen) atoms. The van der Waals surface area contributed by atoms with Crippen LogP contribution < -0.4 is 24.4 Å². The van der Waals surface area contributed by atoms with Gasteiger partial charge in [-0.15, -0.1) is 0 Å². The predicted molar refractivity (Wildman–Crippen MR) is 98.9 cm³/mol. The molecule has 0 radical (unpaired) electrons. The first-order valence-corrected chi connectivity index (χ1v) is 7.82. The molecule has 0 bridgehead atoms. The largest absolute Gasteiger partial charge is 0.496 e. The van der Waals surface area contributed by atoms with E-state index < -0.39 is 0 Å². The number of amides is 1. The second-order valence-corrected chi connectivity index (χ2v) is 5.36. The predicted octanol–water partition coefficient (Wildman–Crippen LogP) is 2.79. The lowest BCUT2D eigenvalue weighted by atomic mass is 10.1. The van der Waals surface area contributed by atoms with Crippen LogP contribution in [0.3, 0.4) is 0 Å². The van der Waals surface area contributed by atoms with Crippen LogP contribution in [-0.4, -0.2) is 40.6 Å². The lowest BCUT2D eigenvalue weighted by molar-refractivity contribution is 0.0952. The summed E-state index contributed by atoms with van der Waals surface area (Å²) in [5.41, 5.74) is 4.56. The highest BCUT2D eigenvalue weighted by Crippen LogP contribution is 2.37. The third-order valence-corrected chi connectivity index (χ3v) is 3.67. The molecule has 7 nitrogen and oxygen atoms in total. The Hall–Kier alpha value is -3.22. The quantitative estimate of drug-likeness (QED) is 0.608. The molecule has 0 atom stereocenters. The van der Waals surface area contributed by atoms with Gasteiger partial charge in [-0.3, -0.25) is 4.79 Å². The molecular formula is C19H22N2O5. The van der Waals surface area contributed by atoms with E-state index >= 15 is 0 Å². The normalized spacial score (nSPS) is 10.5. The monoisotopic (exact) mass is 358 g/mol. The van der Waals surface area contributed by atoms with Gasteiger partial charge in [0.1, 0.15) is 5.75 Å². The summed E-state index contributed by atoms with van der Waals surface area (Å²) in [5.74, 6) is 1.61. The summed E-state index contributed by atoms with van der Waals surface area (Å²) in [5, 5.41) is 3.99. The minimum absolute atomic E-state index is 0.370. The van der Waals surface area contributed by atoms with Crippen molar-refractivity contribution >= 4 is 12.1 Å². The van der Waals surface area contributed by atoms with Crippen molar-refractivity contribution in [2.75, 3.05) is 28.4 Å². The van der Waals surface area contributed by atoms with Crippen molar-refractivity contribution in [2.24, 2.45) is 5.10 Å². The number of hydrogen-bond acceptors (Lipinski definition) is 6. The molecule has 0 aliphatic rings. The van der Waals surface area contributed by atoms with Crippen LogP contribution in [0.5, 0.6) is 23.0 Å². The van der Waals surface area contributed by atoms with Gasteiger partial charge in [-0.2, -0.15) is 5.10 Å². The Morgan fingerprint density at radius 3 is 2.08 bits per heavy atom. The van der Waals surface area contributed by atoms with E-state index in [1.165, 1.54) is 34.7 Å². The van der Waals surface area contributed by atoms with Crippen LogP contribution in [0.15, 0.2) is 35.4 Å². The number of nitrogens with one attached hydrogen (secondary N) is 1. The van der Waals surface area contributed by atoms with Gasteiger partial charge in [0.2, 0.25) is 5.75 Å². The second kappa shape index (κ2) is 8.75. The van der Waals surface area contributed by atoms with Crippen LogP contribution in [-0.2, 0) is 0 Å². The van der Waals surface area contributed by atoms with Crippen molar-refractivity contribution < 1.29 is 23.7 Å². The SMILES string of the molecule is COc1cc(C)ccc1C(=O)NN=Cc1cc(OC)c(OC)c(OC)c1. The van der Waals surface area contributed by atoms with Crippen molar-refractivity contribution in [2.45, 2.75) is 6.92 Å². The van der Waals surface area contributed by atoms with Gasteiger partial charge in [-0.05, 0) is 36.8 Å². The van der Waals surface area contributed by atoms with Gasteiger partial charge in [0.05, 0.1) is 40.2 Å². The molecule has 0 aliphatic carbocycles. The maximum atomic E-state index is 12.3. The molecule has 0 unspecified atom stereocenters. The van der Waals surface area contributed by atoms with E-state index in [4.69, 9.17) is 18.9 Å². The number of carbonyl (C=O) groups is 1. The Morgan fingerprint density at radius 2 is 1.54 bits per heavy atom. The highest BCUT2D eigenvalue weighted by atomic mass is 16.5. The highest BCUT2D eigenvalue weighted by molar-refractivity contribution is 5.97. The zero-order valence-electron chi connectivity index (χ0n) is 15.5. The molecular weight excluding hydrogens is 336 g/mol. The summed E-state index contributed by atoms with van der Waals surface area (Å²) in [6.45, 7) is 1.92. The van der Waals surface area contributed by atoms with Crippen molar-refractivity contribution in [1.29, 1.82) is 0 Å². The average molecular weight is 358 g/mol. The number of benzene rings is 2. The molecule has 0 aliphatic heterocycles. The molecule has 138 valence electrons. The van der Waals surface area contributed by atoms with Crippen LogP contribution in [0, 0.1) is 6.92 Å². The fourth-order valence-corrected chi connectivity index (χ4v) is 2.39. The number of aryl methyl sites for hydroxylation is 1. The van der Waals surface area contributed by atoms with Gasteiger partial charge < -0.3 is 18.9 Å². The van der Waals surface area contributed by atoms with Crippen LogP contribution in [0.2, 0.25) is 0 Å². The summed E-state index contributed by atoms with van der Waals surface area (Å²) >= 11 is 0. The molecule has 0 heterocycles. The number of nitrogens with zero attached hydrogens (tertiary/aromatic N) is 1. The summed E-state index contributed by atoms with van der Waals surface area (Å²) in [7, 11) is 6.11. The lowest BCUT2D eigenvalue weighted by Crippen LogP contribution is -2.18. The van der Waals surface area contributed by atoms with E-state index in [1.807, 2.05) is 13.0 Å². The molecule has 2 rings (SSSR count). The Bertz CT molecular complexity index is 793. The minimum atomic E-state index is -0.370. The smallest absolute Gasteiger partial charge is 0.275 e. The number of rotatable bonds is 7. The van der Waals surface area contributed by atoms with Crippen LogP contribution >= 0.6 is 0 Å². The number of ether oxygens (including phenoxy) is 4. The fourth-order valence-electron chi connectivity index (χ4n) is 2.39. The Morgan fingerprint density at radius 1 is 0.923 bits per heavy atom. The third-order valence-electron chi connectivity index (χ3n) is 3.67. The molecule has 2 aromatic carbocycles. The summed E-state index contributed by atoms with van der Waals surface area (Å²) < 4.78 is 21.1. The number of carbonyl (C=O) groups excluding carboxylic acids is 1. The first kappa shape index (κ1) is 19.1. The lowest BCUT2D eigenvalue weighted by Gasteiger charge is -2.12. The van der Waals surface area contributed by atoms with Gasteiger partial charge in [-0.1, -0.05) is 6.07 Å². The Balaban J connectivity index is 2.19. The number of hydrogen-bond donors (Lipinski definition) is 1. The van der Waals surface area contributed by atoms with Gasteiger partial charge in [0.15, 0.2) is 11.5 Å². The maximum Gasteiger partial charge on any atom is 0.275 e. The summed E-state index contributed by atoms with van der Waals surface area (Å²) in [4.78, 5) is 12.3. The van der Waals surface area contributed by atoms with Crippen LogP contribution in [0.25, 0.3) is 0 Å². The van der Waals surface area contributed by atoms with E-state index in [2.05, 4.69) is 10.5 Å². The van der Waals surface area contributed by atoms with E-state index in [9.17, 15) is 4.79 Å². The van der Waals surface area contributed by atoms with Crippen LogP contribution in [0.1, 0.15) is 21.5 Å². The molecule has 0 saturated heterocycles. The second-order valence-electron chi connectivity index (χ2n) is 5.36.